The lowest BCUT2D eigenvalue weighted by molar-refractivity contribution is 0.254. The predicted molar refractivity (Wildman–Crippen MR) is 89.8 cm³/mol. The molecule has 0 aromatic carbocycles. The van der Waals surface area contributed by atoms with E-state index in [1.54, 1.807) is 0 Å². The van der Waals surface area contributed by atoms with Crippen LogP contribution in [0.5, 0.6) is 0 Å². The first-order valence-corrected chi connectivity index (χ1v) is 8.68. The topological polar surface area (TPSA) is 37.8 Å². The van der Waals surface area contributed by atoms with Gasteiger partial charge in [-0.1, -0.05) is 20.8 Å². The zero-order chi connectivity index (χ0) is 15.4. The summed E-state index contributed by atoms with van der Waals surface area (Å²) in [6.07, 6.45) is 6.15. The Balaban J connectivity index is 2.18. The number of aromatic nitrogens is 2. The third-order valence-electron chi connectivity index (χ3n) is 5.02. The van der Waals surface area contributed by atoms with Crippen molar-refractivity contribution in [3.63, 3.8) is 0 Å². The number of nitrogens with one attached hydrogen (secondary N) is 1. The van der Waals surface area contributed by atoms with Crippen LogP contribution in [0.25, 0.3) is 0 Å². The zero-order valence-electron chi connectivity index (χ0n) is 14.4. The van der Waals surface area contributed by atoms with Gasteiger partial charge in [0.05, 0.1) is 0 Å². The standard InChI is InChI=1S/C18H31N3/c1-6-16-13(5)17(19-7-2)21-18(20-16)15-10-8-14(9-11-15)12(3)4/h12,14-15H,6-11H2,1-5H3,(H,19,20,21). The Labute approximate surface area is 130 Å². The Bertz CT molecular complexity index is 460. The van der Waals surface area contributed by atoms with Gasteiger partial charge in [-0.25, -0.2) is 9.97 Å². The van der Waals surface area contributed by atoms with Crippen LogP contribution in [0.4, 0.5) is 5.82 Å². The number of hydrogen-bond donors (Lipinski definition) is 1. The SMILES string of the molecule is CCNc1nc(C2CCC(C(C)C)CC2)nc(CC)c1C. The van der Waals surface area contributed by atoms with Gasteiger partial charge in [-0.05, 0) is 57.8 Å². The first kappa shape index (κ1) is 16.3. The van der Waals surface area contributed by atoms with Crippen molar-refractivity contribution in [3.05, 3.63) is 17.1 Å². The molecule has 2 rings (SSSR count). The molecule has 3 heteroatoms. The minimum Gasteiger partial charge on any atom is -0.370 e. The Morgan fingerprint density at radius 2 is 1.76 bits per heavy atom. The Hall–Kier alpha value is -1.12. The van der Waals surface area contributed by atoms with Gasteiger partial charge in [-0.15, -0.1) is 0 Å². The van der Waals surface area contributed by atoms with Gasteiger partial charge in [0.15, 0.2) is 0 Å². The third-order valence-corrected chi connectivity index (χ3v) is 5.02. The summed E-state index contributed by atoms with van der Waals surface area (Å²) >= 11 is 0. The normalized spacial score (nSPS) is 22.6. The van der Waals surface area contributed by atoms with Crippen molar-refractivity contribution in [2.24, 2.45) is 11.8 Å². The van der Waals surface area contributed by atoms with E-state index in [1.165, 1.54) is 36.9 Å². The van der Waals surface area contributed by atoms with Crippen molar-refractivity contribution in [1.82, 2.24) is 9.97 Å². The molecule has 1 aromatic rings. The summed E-state index contributed by atoms with van der Waals surface area (Å²) in [5, 5.41) is 3.41. The van der Waals surface area contributed by atoms with Gasteiger partial charge in [0.2, 0.25) is 0 Å². The number of nitrogens with zero attached hydrogens (tertiary/aromatic N) is 2. The van der Waals surface area contributed by atoms with E-state index < -0.39 is 0 Å². The average Bonchev–Trinajstić information content (AvgIpc) is 2.49. The van der Waals surface area contributed by atoms with E-state index in [0.717, 1.165) is 36.4 Å². The molecular weight excluding hydrogens is 258 g/mol. The fraction of sp³-hybridized carbons (Fsp3) is 0.778. The van der Waals surface area contributed by atoms with E-state index in [2.05, 4.69) is 39.9 Å². The fourth-order valence-corrected chi connectivity index (χ4v) is 3.49. The molecule has 1 saturated carbocycles. The molecule has 0 atom stereocenters. The van der Waals surface area contributed by atoms with Gasteiger partial charge in [0.1, 0.15) is 11.6 Å². The molecule has 118 valence electrons. The molecule has 1 N–H and O–H groups in total. The highest BCUT2D eigenvalue weighted by atomic mass is 15.0. The molecule has 0 amide bonds. The van der Waals surface area contributed by atoms with Gasteiger partial charge in [-0.3, -0.25) is 0 Å². The van der Waals surface area contributed by atoms with E-state index in [9.17, 15) is 0 Å². The molecule has 3 nitrogen and oxygen atoms in total. The quantitative estimate of drug-likeness (QED) is 0.853. The van der Waals surface area contributed by atoms with Crippen LogP contribution in [0, 0.1) is 18.8 Å². The average molecular weight is 289 g/mol. The van der Waals surface area contributed by atoms with Crippen LogP contribution in [-0.2, 0) is 6.42 Å². The Kier molecular flexibility index (Phi) is 5.60. The van der Waals surface area contributed by atoms with Gasteiger partial charge in [0.25, 0.3) is 0 Å². The minimum absolute atomic E-state index is 0.559. The molecule has 1 aliphatic rings. The molecule has 1 aliphatic carbocycles. The van der Waals surface area contributed by atoms with Crippen LogP contribution in [0.15, 0.2) is 0 Å². The van der Waals surface area contributed by atoms with E-state index in [-0.39, 0.29) is 0 Å². The van der Waals surface area contributed by atoms with Crippen molar-refractivity contribution in [1.29, 1.82) is 0 Å². The van der Waals surface area contributed by atoms with Gasteiger partial charge in [-0.2, -0.15) is 0 Å². The highest BCUT2D eigenvalue weighted by molar-refractivity contribution is 5.46. The van der Waals surface area contributed by atoms with Crippen LogP contribution in [0.1, 0.15) is 76.4 Å². The second-order valence-electron chi connectivity index (χ2n) is 6.74. The summed E-state index contributed by atoms with van der Waals surface area (Å²) in [5.74, 6) is 4.39. The van der Waals surface area contributed by atoms with Gasteiger partial charge < -0.3 is 5.32 Å². The highest BCUT2D eigenvalue weighted by Gasteiger charge is 2.26. The van der Waals surface area contributed by atoms with E-state index in [4.69, 9.17) is 9.97 Å². The second kappa shape index (κ2) is 7.24. The third kappa shape index (κ3) is 3.75. The van der Waals surface area contributed by atoms with Crippen LogP contribution >= 0.6 is 0 Å². The van der Waals surface area contributed by atoms with Gasteiger partial charge in [0, 0.05) is 23.7 Å². The summed E-state index contributed by atoms with van der Waals surface area (Å²) < 4.78 is 0. The number of hydrogen-bond acceptors (Lipinski definition) is 3. The van der Waals surface area contributed by atoms with E-state index in [0.29, 0.717) is 5.92 Å². The molecule has 0 bridgehead atoms. The van der Waals surface area contributed by atoms with E-state index >= 15 is 0 Å². The molecule has 0 aliphatic heterocycles. The lowest BCUT2D eigenvalue weighted by Gasteiger charge is -2.30. The Morgan fingerprint density at radius 1 is 1.10 bits per heavy atom. The van der Waals surface area contributed by atoms with Crippen LogP contribution in [0.3, 0.4) is 0 Å². The largest absolute Gasteiger partial charge is 0.370 e. The Morgan fingerprint density at radius 3 is 2.29 bits per heavy atom. The number of aryl methyl sites for hydroxylation is 1. The van der Waals surface area contributed by atoms with Crippen molar-refractivity contribution in [2.75, 3.05) is 11.9 Å². The first-order valence-electron chi connectivity index (χ1n) is 8.68. The molecule has 1 heterocycles. The molecule has 21 heavy (non-hydrogen) atoms. The molecule has 0 saturated heterocycles. The van der Waals surface area contributed by atoms with Gasteiger partial charge >= 0.3 is 0 Å². The molecule has 0 unspecified atom stereocenters. The molecule has 1 aromatic heterocycles. The lowest BCUT2D eigenvalue weighted by atomic mass is 9.76. The minimum atomic E-state index is 0.559. The van der Waals surface area contributed by atoms with Crippen molar-refractivity contribution in [2.45, 2.75) is 72.6 Å². The fourth-order valence-electron chi connectivity index (χ4n) is 3.49. The molecular formula is C18H31N3. The van der Waals surface area contributed by atoms with Crippen LogP contribution < -0.4 is 5.32 Å². The van der Waals surface area contributed by atoms with Crippen molar-refractivity contribution in [3.8, 4) is 0 Å². The van der Waals surface area contributed by atoms with Crippen LogP contribution in [-0.4, -0.2) is 16.5 Å². The maximum Gasteiger partial charge on any atom is 0.134 e. The maximum absolute atomic E-state index is 4.88. The monoisotopic (exact) mass is 289 g/mol. The summed E-state index contributed by atoms with van der Waals surface area (Å²) in [6, 6.07) is 0. The zero-order valence-corrected chi connectivity index (χ0v) is 14.4. The second-order valence-corrected chi connectivity index (χ2v) is 6.74. The number of anilines is 1. The smallest absolute Gasteiger partial charge is 0.134 e. The predicted octanol–water partition coefficient (Wildman–Crippen LogP) is 4.71. The van der Waals surface area contributed by atoms with Crippen LogP contribution in [0.2, 0.25) is 0 Å². The highest BCUT2D eigenvalue weighted by Crippen LogP contribution is 2.38. The number of rotatable bonds is 5. The summed E-state index contributed by atoms with van der Waals surface area (Å²) in [4.78, 5) is 9.72. The summed E-state index contributed by atoms with van der Waals surface area (Å²) in [7, 11) is 0. The van der Waals surface area contributed by atoms with Crippen molar-refractivity contribution < 1.29 is 0 Å². The molecule has 0 spiro atoms. The summed E-state index contributed by atoms with van der Waals surface area (Å²) in [5.41, 5.74) is 2.43. The van der Waals surface area contributed by atoms with Crippen molar-refractivity contribution >= 4 is 5.82 Å². The lowest BCUT2D eigenvalue weighted by Crippen LogP contribution is -2.20. The molecule has 0 radical (unpaired) electrons. The molecule has 1 fully saturated rings. The first-order chi connectivity index (χ1) is 10.1. The summed E-state index contributed by atoms with van der Waals surface area (Å²) in [6.45, 7) is 12.1. The van der Waals surface area contributed by atoms with E-state index in [1.807, 2.05) is 0 Å². The maximum atomic E-state index is 4.88.